The van der Waals surface area contributed by atoms with Crippen molar-refractivity contribution in [3.63, 3.8) is 0 Å². The van der Waals surface area contributed by atoms with Gasteiger partial charge in [-0.3, -0.25) is 68.7 Å². The molecule has 642 valence electrons. The van der Waals surface area contributed by atoms with Gasteiger partial charge in [0.2, 0.25) is 47.3 Å². The molecule has 0 aromatic heterocycles. The molecule has 0 radical (unpaired) electrons. The minimum absolute atomic E-state index is 0.00651. The molecule has 8 amide bonds. The van der Waals surface area contributed by atoms with Crippen molar-refractivity contribution in [3.05, 3.63) is 42.0 Å². The number of likely N-dealkylation sites (tertiary alicyclic amines) is 1. The van der Waals surface area contributed by atoms with Crippen molar-refractivity contribution in [3.8, 4) is 5.75 Å². The van der Waals surface area contributed by atoms with Gasteiger partial charge in [0, 0.05) is 6.54 Å². The molecule has 2 aliphatic heterocycles. The van der Waals surface area contributed by atoms with E-state index in [9.17, 15) is 67.7 Å². The number of ketones is 2. The van der Waals surface area contributed by atoms with E-state index in [0.717, 1.165) is 25.7 Å². The Morgan fingerprint density at radius 1 is 0.690 bits per heavy atom. The van der Waals surface area contributed by atoms with Crippen molar-refractivity contribution in [2.45, 2.75) is 308 Å². The molecule has 33 heteroatoms. The summed E-state index contributed by atoms with van der Waals surface area (Å²) in [5.74, 6) is -5.48. The molecule has 0 aliphatic carbocycles. The second-order valence-corrected chi connectivity index (χ2v) is 32.0. The van der Waals surface area contributed by atoms with Crippen LogP contribution >= 0.6 is 0 Å². The van der Waals surface area contributed by atoms with Gasteiger partial charge in [0.15, 0.2) is 11.6 Å². The average molecular weight is 1600 g/mol. The molecule has 0 saturated carbocycles. The SMILES string of the molecule is CC(C)C[C@H](NCC(=O)[C@H](Cc1ccc(O)cc1)NC(=O)[C@H](C)NOCC1(C)CCC/C=C\CCCCCCC(C)(NN[C@@H](CCCCN)C(=O)N2CCC[C@H]2C(=O)N[C@@H](C)C=O)OCN[C@@H](C(C)C)C(=O)CN[C@@H](CC(C)C)C(=O)N[C@@H](CCCCN)C(=O)N[C@@H](CCCCN)C(=O)N[C@@H](C)C(=O)N1)C(=O)N[C@H](C=O)CO. The number of hydrogen-bond acceptors (Lipinski definition) is 25. The lowest BCUT2D eigenvalue weighted by Gasteiger charge is -2.36. The fourth-order valence-corrected chi connectivity index (χ4v) is 13.4. The van der Waals surface area contributed by atoms with Crippen LogP contribution in [0.5, 0.6) is 5.75 Å². The highest BCUT2D eigenvalue weighted by atomic mass is 16.6. The van der Waals surface area contributed by atoms with E-state index in [1.54, 1.807) is 30.9 Å². The lowest BCUT2D eigenvalue weighted by Crippen LogP contribution is -2.61. The first-order valence-electron chi connectivity index (χ1n) is 41.1. The highest BCUT2D eigenvalue weighted by molar-refractivity contribution is 5.96. The number of hydrogen-bond donors (Lipinski definition) is 18. The Hall–Kier alpha value is -7.28. The molecule has 3 rings (SSSR count). The quantitative estimate of drug-likeness (QED) is 0.0191. The molecule has 1 saturated heterocycles. The molecule has 113 heavy (non-hydrogen) atoms. The molecule has 33 nitrogen and oxygen atoms in total. The van der Waals surface area contributed by atoms with E-state index in [0.29, 0.717) is 134 Å². The minimum Gasteiger partial charge on any atom is -0.508 e. The highest BCUT2D eigenvalue weighted by Gasteiger charge is 2.40. The molecule has 0 bridgehead atoms. The Labute approximate surface area is 669 Å². The summed E-state index contributed by atoms with van der Waals surface area (Å²) in [5, 5.41) is 48.7. The summed E-state index contributed by atoms with van der Waals surface area (Å²) in [6.45, 7) is 19.4. The predicted octanol–water partition coefficient (Wildman–Crippen LogP) is 1.43. The molecule has 1 aromatic rings. The highest BCUT2D eigenvalue weighted by Crippen LogP contribution is 2.24. The summed E-state index contributed by atoms with van der Waals surface area (Å²) in [6, 6.07) is -5.74. The lowest BCUT2D eigenvalue weighted by atomic mass is 9.95. The van der Waals surface area contributed by atoms with Gasteiger partial charge in [-0.1, -0.05) is 85.1 Å². The number of phenolic OH excluding ortho intramolecular Hbond substituents is 1. The van der Waals surface area contributed by atoms with Gasteiger partial charge >= 0.3 is 0 Å². The molecule has 1 aromatic carbocycles. The Morgan fingerprint density at radius 3 is 1.91 bits per heavy atom. The molecule has 2 heterocycles. The number of carbonyl (C=O) groups excluding carboxylic acids is 12. The standard InChI is InChI=1S/C80H141N17O16/c1-52(2)42-65(75(108)89-59(48-99)49-100)84-45-68(102)64(44-58-32-34-60(101)35-33-58)92-71(104)57(9)95-113-50-79(10)36-22-17-15-13-12-14-16-18-23-37-80(11,96-94-63(30-21-26-40-83)78(111)97-41-27-31-67(97)77(110)87-55(7)47-98)112-51-86-70(54(5)6)69(103)46-85-66(43-53(3)4)76(109)91-62(29-20-25-39-82)74(107)90-61(28-19-24-38-81)73(106)88-56(8)72(105)93-79/h13,15,32-35,47-48,52-57,59,61-67,70,84-86,94-96,100-101H,12,14,16-31,36-46,49-51,81-83H2,1-11H3,(H,87,110)(H,88,106)(H,89,108)(H,90,107)(H,91,109)(H,92,104)(H,93,105)/b15-13-/t55-,56-,57-,59+,61-,62-,63-,64-,65-,66-,67-,70-,79?,80?/m0/s1. The third kappa shape index (κ3) is 38.8. The maximum Gasteiger partial charge on any atom is 0.243 e. The Morgan fingerprint density at radius 2 is 1.31 bits per heavy atom. The summed E-state index contributed by atoms with van der Waals surface area (Å²) >= 11 is 0. The van der Waals surface area contributed by atoms with Gasteiger partial charge in [-0.05, 0) is 218 Å². The zero-order chi connectivity index (χ0) is 84.1. The van der Waals surface area contributed by atoms with Gasteiger partial charge in [0.05, 0.1) is 68.8 Å². The monoisotopic (exact) mass is 1600 g/mol. The van der Waals surface area contributed by atoms with E-state index < -0.39 is 138 Å². The zero-order valence-electron chi connectivity index (χ0n) is 69.2. The van der Waals surface area contributed by atoms with Gasteiger partial charge < -0.3 is 83.9 Å². The minimum atomic E-state index is -1.18. The maximum atomic E-state index is 14.6. The summed E-state index contributed by atoms with van der Waals surface area (Å²) in [7, 11) is 0. The Bertz CT molecular complexity index is 3100. The second-order valence-electron chi connectivity index (χ2n) is 32.0. The number of allylic oxidation sites excluding steroid dienone is 2. The van der Waals surface area contributed by atoms with Gasteiger partial charge in [0.1, 0.15) is 66.3 Å². The van der Waals surface area contributed by atoms with E-state index in [2.05, 4.69) is 81.7 Å². The van der Waals surface area contributed by atoms with Crippen molar-refractivity contribution in [1.29, 1.82) is 0 Å². The number of aldehydes is 2. The summed E-state index contributed by atoms with van der Waals surface area (Å²) in [6.07, 6.45) is 16.5. The van der Waals surface area contributed by atoms with Crippen molar-refractivity contribution >= 4 is 71.4 Å². The molecular weight excluding hydrogens is 1450 g/mol. The van der Waals surface area contributed by atoms with Crippen LogP contribution in [0.1, 0.15) is 223 Å². The topological polar surface area (TPSA) is 501 Å². The van der Waals surface area contributed by atoms with Crippen LogP contribution in [0, 0.1) is 17.8 Å². The van der Waals surface area contributed by atoms with Gasteiger partial charge in [-0.2, -0.15) is 5.48 Å². The number of aliphatic hydroxyl groups excluding tert-OH is 1. The number of amides is 8. The van der Waals surface area contributed by atoms with Gasteiger partial charge in [-0.15, -0.1) is 0 Å². The number of aromatic hydroxyl groups is 1. The first-order chi connectivity index (χ1) is 53.8. The van der Waals surface area contributed by atoms with Crippen LogP contribution in [-0.2, 0) is 73.5 Å². The zero-order valence-corrected chi connectivity index (χ0v) is 69.2. The number of hydroxylamine groups is 1. The van der Waals surface area contributed by atoms with Crippen molar-refractivity contribution in [2.24, 2.45) is 35.0 Å². The number of phenols is 1. The number of rotatable bonds is 40. The smallest absolute Gasteiger partial charge is 0.243 e. The summed E-state index contributed by atoms with van der Waals surface area (Å²) in [4.78, 5) is 172. The van der Waals surface area contributed by atoms with E-state index in [4.69, 9.17) is 26.8 Å². The average Bonchev–Trinajstić information content (AvgIpc) is 1.74. The van der Waals surface area contributed by atoms with E-state index in [-0.39, 0.29) is 93.7 Å². The van der Waals surface area contributed by atoms with Crippen molar-refractivity contribution in [2.75, 3.05) is 59.2 Å². The molecule has 2 aliphatic rings. The third-order valence-electron chi connectivity index (χ3n) is 20.2. The number of unbranched alkanes of at least 4 members (excludes halogenated alkanes) is 3. The van der Waals surface area contributed by atoms with E-state index in [1.807, 2.05) is 48.5 Å². The number of aliphatic hydroxyl groups is 1. The summed E-state index contributed by atoms with van der Waals surface area (Å²) in [5.41, 5.74) is 25.5. The molecule has 2 unspecified atom stereocenters. The molecule has 21 N–H and O–H groups in total. The number of ether oxygens (including phenoxy) is 1. The number of nitrogens with two attached hydrogens (primary N) is 3. The van der Waals surface area contributed by atoms with Gasteiger partial charge in [0.25, 0.3) is 0 Å². The molecular formula is C80H141N17O16. The van der Waals surface area contributed by atoms with Crippen LogP contribution in [0.2, 0.25) is 0 Å². The van der Waals surface area contributed by atoms with Crippen LogP contribution in [-0.4, -0.2) is 229 Å². The second kappa shape index (κ2) is 54.5. The lowest BCUT2D eigenvalue weighted by molar-refractivity contribution is -0.142. The number of benzene rings is 1. The van der Waals surface area contributed by atoms with Crippen LogP contribution in [0.25, 0.3) is 0 Å². The summed E-state index contributed by atoms with van der Waals surface area (Å²) < 4.78 is 6.66. The number of hydrazine groups is 1. The van der Waals surface area contributed by atoms with Gasteiger partial charge in [-0.25, -0.2) is 10.9 Å². The third-order valence-corrected chi connectivity index (χ3v) is 20.2. The Kier molecular flexibility index (Phi) is 48.2. The molecule has 1 fully saturated rings. The van der Waals surface area contributed by atoms with Crippen LogP contribution in [0.3, 0.4) is 0 Å². The number of Topliss-reactive ketones (excluding diaryl/α,β-unsaturated/α-hetero) is 2. The fraction of sp³-hybridized carbons (Fsp3) is 0.750. The van der Waals surface area contributed by atoms with E-state index >= 15 is 0 Å². The van der Waals surface area contributed by atoms with Crippen molar-refractivity contribution in [1.82, 2.24) is 74.4 Å². The first-order valence-corrected chi connectivity index (χ1v) is 41.1. The molecule has 0 spiro atoms. The van der Waals surface area contributed by atoms with Crippen LogP contribution in [0.4, 0.5) is 0 Å². The predicted molar refractivity (Wildman–Crippen MR) is 432 cm³/mol. The Balaban J connectivity index is 2.02. The number of nitrogens with one attached hydrogen (secondary N) is 13. The maximum absolute atomic E-state index is 14.6. The van der Waals surface area contributed by atoms with Crippen molar-refractivity contribution < 1.29 is 77.3 Å². The fourth-order valence-electron chi connectivity index (χ4n) is 13.4. The number of carbonyl (C=O) groups is 12. The first kappa shape index (κ1) is 99.9. The van der Waals surface area contributed by atoms with E-state index in [1.165, 1.54) is 26.0 Å². The largest absolute Gasteiger partial charge is 0.508 e. The van der Waals surface area contributed by atoms with Crippen LogP contribution in [0.15, 0.2) is 36.4 Å². The number of nitrogens with zero attached hydrogens (tertiary/aromatic N) is 1. The molecule has 14 atom stereocenters. The normalized spacial score (nSPS) is 24.2. The van der Waals surface area contributed by atoms with Crippen LogP contribution < -0.4 is 86.7 Å².